The summed E-state index contributed by atoms with van der Waals surface area (Å²) in [5, 5.41) is 18.6. The highest BCUT2D eigenvalue weighted by Crippen LogP contribution is 2.19. The molecule has 1 atom stereocenters. The molecule has 0 saturated heterocycles. The number of rotatable bonds is 10. The molecule has 156 valence electrons. The number of carbonyl (C=O) groups is 2. The summed E-state index contributed by atoms with van der Waals surface area (Å²) in [6, 6.07) is 8.93. The molecule has 0 aliphatic rings. The third-order valence-electron chi connectivity index (χ3n) is 4.22. The van der Waals surface area contributed by atoms with Crippen LogP contribution in [0.4, 0.5) is 0 Å². The zero-order valence-electron chi connectivity index (χ0n) is 16.2. The van der Waals surface area contributed by atoms with Gasteiger partial charge < -0.3 is 29.0 Å². The number of aliphatic hydroxyl groups is 2. The van der Waals surface area contributed by atoms with Crippen LogP contribution in [0.2, 0.25) is 0 Å². The Morgan fingerprint density at radius 3 is 2.38 bits per heavy atom. The number of pyridine rings is 1. The number of methoxy groups -OCH3 is 2. The molecule has 0 saturated carbocycles. The van der Waals surface area contributed by atoms with Crippen LogP contribution in [-0.2, 0) is 22.6 Å². The topological polar surface area (TPSA) is 124 Å². The molecule has 2 rings (SSSR count). The molecule has 0 radical (unpaired) electrons. The van der Waals surface area contributed by atoms with Gasteiger partial charge in [-0.25, -0.2) is 4.79 Å². The number of carbonyl (C=O) groups excluding carboxylic acids is 2. The van der Waals surface area contributed by atoms with Crippen LogP contribution in [0.3, 0.4) is 0 Å². The molecule has 0 aliphatic carbocycles. The van der Waals surface area contributed by atoms with Crippen molar-refractivity contribution in [3.8, 4) is 5.75 Å². The van der Waals surface area contributed by atoms with Gasteiger partial charge in [0.1, 0.15) is 13.2 Å². The standard InChI is InChI=1S/C20H23NO8/c1-27-14(10-22)8-21-9-15(16(24)11-23)18(25)19(17(21)20(26)28-2)29-12-13-6-4-3-5-7-13/h3-7,9,14,22-23H,8,10-12H2,1-2H3. The lowest BCUT2D eigenvalue weighted by Gasteiger charge is -2.21. The largest absolute Gasteiger partial charge is 0.482 e. The summed E-state index contributed by atoms with van der Waals surface area (Å²) in [6.07, 6.45) is 0.407. The van der Waals surface area contributed by atoms with Crippen molar-refractivity contribution in [2.24, 2.45) is 0 Å². The minimum absolute atomic E-state index is 0.0372. The van der Waals surface area contributed by atoms with Crippen molar-refractivity contribution in [2.75, 3.05) is 27.4 Å². The highest BCUT2D eigenvalue weighted by atomic mass is 16.5. The summed E-state index contributed by atoms with van der Waals surface area (Å²) >= 11 is 0. The van der Waals surface area contributed by atoms with Gasteiger partial charge in [-0.05, 0) is 5.56 Å². The van der Waals surface area contributed by atoms with Crippen molar-refractivity contribution in [2.45, 2.75) is 19.3 Å². The second-order valence-electron chi connectivity index (χ2n) is 6.09. The zero-order valence-corrected chi connectivity index (χ0v) is 16.2. The number of hydrogen-bond acceptors (Lipinski definition) is 8. The van der Waals surface area contributed by atoms with Crippen LogP contribution in [0.15, 0.2) is 41.3 Å². The first-order chi connectivity index (χ1) is 14.0. The number of aromatic nitrogens is 1. The third kappa shape index (κ3) is 5.29. The molecule has 1 aromatic carbocycles. The van der Waals surface area contributed by atoms with Gasteiger partial charge in [0.2, 0.25) is 5.43 Å². The Morgan fingerprint density at radius 1 is 1.14 bits per heavy atom. The molecule has 29 heavy (non-hydrogen) atoms. The van der Waals surface area contributed by atoms with Gasteiger partial charge in [0.05, 0.1) is 31.9 Å². The van der Waals surface area contributed by atoms with Gasteiger partial charge in [-0.1, -0.05) is 30.3 Å². The van der Waals surface area contributed by atoms with Crippen molar-refractivity contribution >= 4 is 11.8 Å². The van der Waals surface area contributed by atoms with E-state index in [1.165, 1.54) is 11.7 Å². The van der Waals surface area contributed by atoms with Crippen molar-refractivity contribution < 1.29 is 34.0 Å². The number of nitrogens with zero attached hydrogens (tertiary/aromatic N) is 1. The number of aliphatic hydroxyl groups excluding tert-OH is 2. The predicted octanol–water partition coefficient (Wildman–Crippen LogP) is 0.396. The second kappa shape index (κ2) is 10.5. The van der Waals surface area contributed by atoms with E-state index < -0.39 is 29.9 Å². The van der Waals surface area contributed by atoms with Crippen LogP contribution in [0.5, 0.6) is 5.75 Å². The Labute approximate surface area is 167 Å². The van der Waals surface area contributed by atoms with E-state index in [0.29, 0.717) is 0 Å². The van der Waals surface area contributed by atoms with E-state index in [0.717, 1.165) is 18.9 Å². The predicted molar refractivity (Wildman–Crippen MR) is 102 cm³/mol. The molecule has 0 bridgehead atoms. The zero-order chi connectivity index (χ0) is 21.4. The lowest BCUT2D eigenvalue weighted by atomic mass is 10.1. The van der Waals surface area contributed by atoms with Gasteiger partial charge in [-0.3, -0.25) is 9.59 Å². The van der Waals surface area contributed by atoms with Gasteiger partial charge in [0.15, 0.2) is 17.2 Å². The highest BCUT2D eigenvalue weighted by molar-refractivity contribution is 5.98. The molecule has 1 aromatic heterocycles. The number of hydrogen-bond donors (Lipinski definition) is 2. The van der Waals surface area contributed by atoms with Crippen molar-refractivity contribution in [1.82, 2.24) is 4.57 Å². The summed E-state index contributed by atoms with van der Waals surface area (Å²) in [7, 11) is 2.51. The minimum Gasteiger partial charge on any atom is -0.482 e. The maximum atomic E-state index is 12.9. The molecule has 9 heteroatoms. The van der Waals surface area contributed by atoms with Gasteiger partial charge in [0, 0.05) is 13.3 Å². The van der Waals surface area contributed by atoms with Gasteiger partial charge in [-0.2, -0.15) is 0 Å². The monoisotopic (exact) mass is 405 g/mol. The fourth-order valence-electron chi connectivity index (χ4n) is 2.66. The molecule has 2 N–H and O–H groups in total. The average Bonchev–Trinajstić information content (AvgIpc) is 2.76. The van der Waals surface area contributed by atoms with Crippen LogP contribution in [-0.4, -0.2) is 60.1 Å². The molecule has 9 nitrogen and oxygen atoms in total. The van der Waals surface area contributed by atoms with Crippen LogP contribution >= 0.6 is 0 Å². The minimum atomic E-state index is -0.890. The number of ether oxygens (including phenoxy) is 3. The van der Waals surface area contributed by atoms with Crippen molar-refractivity contribution in [3.05, 3.63) is 63.6 Å². The van der Waals surface area contributed by atoms with Crippen LogP contribution < -0.4 is 10.2 Å². The number of Topliss-reactive ketones (excluding diaryl/α,β-unsaturated/α-hetero) is 1. The summed E-state index contributed by atoms with van der Waals surface area (Å²) in [6.45, 7) is -1.36. The maximum absolute atomic E-state index is 12.9. The quantitative estimate of drug-likeness (QED) is 0.430. The smallest absolute Gasteiger partial charge is 0.358 e. The fraction of sp³-hybridized carbons (Fsp3) is 0.350. The fourth-order valence-corrected chi connectivity index (χ4v) is 2.66. The highest BCUT2D eigenvalue weighted by Gasteiger charge is 2.27. The molecular weight excluding hydrogens is 382 g/mol. The lowest BCUT2D eigenvalue weighted by Crippen LogP contribution is -2.31. The average molecular weight is 405 g/mol. The van der Waals surface area contributed by atoms with E-state index in [1.54, 1.807) is 24.3 Å². The molecule has 0 amide bonds. The first-order valence-electron chi connectivity index (χ1n) is 8.76. The summed E-state index contributed by atoms with van der Waals surface area (Å²) in [4.78, 5) is 37.4. The number of benzene rings is 1. The van der Waals surface area contributed by atoms with Crippen LogP contribution in [0.25, 0.3) is 0 Å². The Kier molecular flexibility index (Phi) is 8.08. The van der Waals surface area contributed by atoms with Crippen LogP contribution in [0, 0.1) is 0 Å². The Morgan fingerprint density at radius 2 is 1.83 bits per heavy atom. The molecule has 2 aromatic rings. The van der Waals surface area contributed by atoms with E-state index >= 15 is 0 Å². The number of ketones is 1. The Hall–Kier alpha value is -3.01. The molecule has 0 spiro atoms. The summed E-state index contributed by atoms with van der Waals surface area (Å²) < 4.78 is 16.8. The van der Waals surface area contributed by atoms with Gasteiger partial charge in [-0.15, -0.1) is 0 Å². The second-order valence-corrected chi connectivity index (χ2v) is 6.09. The molecular formula is C20H23NO8. The molecule has 1 heterocycles. The maximum Gasteiger partial charge on any atom is 0.358 e. The van der Waals surface area contributed by atoms with E-state index in [9.17, 15) is 24.6 Å². The molecule has 0 aliphatic heterocycles. The van der Waals surface area contributed by atoms with Crippen LogP contribution in [0.1, 0.15) is 26.4 Å². The Bertz CT molecular complexity index is 903. The summed E-state index contributed by atoms with van der Waals surface area (Å²) in [5.74, 6) is -2.07. The third-order valence-corrected chi connectivity index (χ3v) is 4.22. The van der Waals surface area contributed by atoms with E-state index in [1.807, 2.05) is 6.07 Å². The van der Waals surface area contributed by atoms with Gasteiger partial charge in [0.25, 0.3) is 0 Å². The van der Waals surface area contributed by atoms with E-state index in [-0.39, 0.29) is 36.8 Å². The van der Waals surface area contributed by atoms with E-state index in [2.05, 4.69) is 0 Å². The summed E-state index contributed by atoms with van der Waals surface area (Å²) in [5.41, 5.74) is -0.678. The van der Waals surface area contributed by atoms with E-state index in [4.69, 9.17) is 14.2 Å². The van der Waals surface area contributed by atoms with Crippen molar-refractivity contribution in [3.63, 3.8) is 0 Å². The molecule has 1 unspecified atom stereocenters. The lowest BCUT2D eigenvalue weighted by molar-refractivity contribution is 0.0345. The first kappa shape index (κ1) is 22.3. The first-order valence-corrected chi connectivity index (χ1v) is 8.76. The molecule has 0 fully saturated rings. The van der Waals surface area contributed by atoms with Gasteiger partial charge >= 0.3 is 5.97 Å². The Balaban J connectivity index is 2.63. The normalized spacial score (nSPS) is 11.7. The SMILES string of the molecule is COC(=O)c1c(OCc2ccccc2)c(=O)c(C(=O)CO)cn1CC(CO)OC. The number of esters is 1. The van der Waals surface area contributed by atoms with Crippen molar-refractivity contribution in [1.29, 1.82) is 0 Å².